The number of esters is 1. The topological polar surface area (TPSA) is 84.0 Å². The Labute approximate surface area is 196 Å². The van der Waals surface area contributed by atoms with E-state index in [0.29, 0.717) is 16.0 Å². The molecule has 1 aliphatic heterocycles. The number of hydrogen-bond donors (Lipinski definition) is 0. The van der Waals surface area contributed by atoms with Crippen LogP contribution in [0.25, 0.3) is 0 Å². The molecule has 3 rings (SSSR count). The summed E-state index contributed by atoms with van der Waals surface area (Å²) >= 11 is 0. The molecule has 1 aliphatic rings. The number of hydrogen-bond acceptors (Lipinski definition) is 5. The molecule has 0 unspecified atom stereocenters. The number of ether oxygens (including phenoxy) is 1. The largest absolute Gasteiger partial charge is 0.452 e. The molecule has 2 aromatic rings. The van der Waals surface area contributed by atoms with Gasteiger partial charge in [0, 0.05) is 26.2 Å². The van der Waals surface area contributed by atoms with Gasteiger partial charge in [-0.3, -0.25) is 4.79 Å². The predicted octanol–water partition coefficient (Wildman–Crippen LogP) is 3.29. The lowest BCUT2D eigenvalue weighted by molar-refractivity contribution is -0.135. The van der Waals surface area contributed by atoms with E-state index in [-0.39, 0.29) is 44.1 Å². The third-order valence-electron chi connectivity index (χ3n) is 5.85. The van der Waals surface area contributed by atoms with E-state index in [0.717, 1.165) is 11.1 Å². The molecular formula is C25H32N2O5S. The highest BCUT2D eigenvalue weighted by Gasteiger charge is 2.31. The fourth-order valence-corrected chi connectivity index (χ4v) is 5.44. The number of rotatable bonds is 5. The summed E-state index contributed by atoms with van der Waals surface area (Å²) in [6.45, 7) is 10.5. The summed E-state index contributed by atoms with van der Waals surface area (Å²) < 4.78 is 32.6. The van der Waals surface area contributed by atoms with Crippen LogP contribution in [0.15, 0.2) is 47.4 Å². The average Bonchev–Trinajstić information content (AvgIpc) is 2.76. The first kappa shape index (κ1) is 24.9. The van der Waals surface area contributed by atoms with Gasteiger partial charge in [0.25, 0.3) is 5.91 Å². The maximum Gasteiger partial charge on any atom is 0.338 e. The third kappa shape index (κ3) is 5.81. The van der Waals surface area contributed by atoms with Crippen molar-refractivity contribution >= 4 is 21.9 Å². The molecule has 0 bridgehead atoms. The molecule has 0 saturated carbocycles. The Hall–Kier alpha value is -2.71. The molecule has 7 nitrogen and oxygen atoms in total. The summed E-state index contributed by atoms with van der Waals surface area (Å²) in [4.78, 5) is 26.6. The number of aryl methyl sites for hydroxylation is 2. The minimum absolute atomic E-state index is 0.0217. The maximum atomic E-state index is 13.0. The van der Waals surface area contributed by atoms with Crippen LogP contribution in [0.5, 0.6) is 0 Å². The van der Waals surface area contributed by atoms with E-state index in [1.54, 1.807) is 31.2 Å². The molecule has 0 aromatic heterocycles. The summed E-state index contributed by atoms with van der Waals surface area (Å²) in [6.07, 6.45) is 0. The Balaban J connectivity index is 1.53. The molecule has 1 saturated heterocycles. The van der Waals surface area contributed by atoms with Gasteiger partial charge in [0.05, 0.1) is 10.5 Å². The highest BCUT2D eigenvalue weighted by atomic mass is 32.2. The number of carbonyl (C=O) groups excluding carboxylic acids is 2. The van der Waals surface area contributed by atoms with Crippen molar-refractivity contribution in [2.45, 2.75) is 44.9 Å². The lowest BCUT2D eigenvalue weighted by Gasteiger charge is -2.34. The van der Waals surface area contributed by atoms with Crippen molar-refractivity contribution in [1.29, 1.82) is 0 Å². The summed E-state index contributed by atoms with van der Waals surface area (Å²) in [5.74, 6) is -0.891. The van der Waals surface area contributed by atoms with Gasteiger partial charge in [-0.1, -0.05) is 50.6 Å². The van der Waals surface area contributed by atoms with Crippen molar-refractivity contribution in [1.82, 2.24) is 9.21 Å². The lowest BCUT2D eigenvalue weighted by atomic mass is 9.87. The van der Waals surface area contributed by atoms with Gasteiger partial charge in [-0.2, -0.15) is 4.31 Å². The van der Waals surface area contributed by atoms with Gasteiger partial charge in [0.2, 0.25) is 10.0 Å². The highest BCUT2D eigenvalue weighted by Crippen LogP contribution is 2.23. The zero-order valence-electron chi connectivity index (χ0n) is 19.9. The first-order chi connectivity index (χ1) is 15.4. The van der Waals surface area contributed by atoms with E-state index < -0.39 is 16.0 Å². The molecule has 1 fully saturated rings. The number of benzene rings is 2. The monoisotopic (exact) mass is 472 g/mol. The fourth-order valence-electron chi connectivity index (χ4n) is 3.81. The summed E-state index contributed by atoms with van der Waals surface area (Å²) in [5.41, 5.74) is 3.17. The molecule has 0 aliphatic carbocycles. The van der Waals surface area contributed by atoms with E-state index in [1.165, 1.54) is 9.21 Å². The van der Waals surface area contributed by atoms with Gasteiger partial charge < -0.3 is 9.64 Å². The van der Waals surface area contributed by atoms with Crippen molar-refractivity contribution in [3.05, 3.63) is 64.7 Å². The fraction of sp³-hybridized carbons (Fsp3) is 0.440. The molecule has 0 atom stereocenters. The van der Waals surface area contributed by atoms with Crippen molar-refractivity contribution in [3.8, 4) is 0 Å². The molecule has 8 heteroatoms. The van der Waals surface area contributed by atoms with Gasteiger partial charge in [0.15, 0.2) is 6.61 Å². The minimum Gasteiger partial charge on any atom is -0.452 e. The highest BCUT2D eigenvalue weighted by molar-refractivity contribution is 7.89. The standard InChI is InChI=1S/C25H32N2O5S/c1-18-6-11-22(19(2)16-18)33(30,31)27-14-12-26(13-15-27)23(28)17-32-24(29)20-7-9-21(10-8-20)25(3,4)5/h6-11,16H,12-15,17H2,1-5H3. The molecule has 0 radical (unpaired) electrons. The number of carbonyl (C=O) groups is 2. The van der Waals surface area contributed by atoms with Crippen LogP contribution in [0.2, 0.25) is 0 Å². The molecule has 33 heavy (non-hydrogen) atoms. The Morgan fingerprint density at radius 2 is 1.55 bits per heavy atom. The molecule has 178 valence electrons. The van der Waals surface area contributed by atoms with Crippen molar-refractivity contribution < 1.29 is 22.7 Å². The van der Waals surface area contributed by atoms with Crippen molar-refractivity contribution in [2.75, 3.05) is 32.8 Å². The molecule has 1 heterocycles. The van der Waals surface area contributed by atoms with Crippen LogP contribution in [-0.4, -0.2) is 62.3 Å². The summed E-state index contributed by atoms with van der Waals surface area (Å²) in [7, 11) is -3.62. The molecule has 0 N–H and O–H groups in total. The number of nitrogens with zero attached hydrogens (tertiary/aromatic N) is 2. The number of piperazine rings is 1. The van der Waals surface area contributed by atoms with Gasteiger partial charge in [-0.15, -0.1) is 0 Å². The molecule has 2 aromatic carbocycles. The SMILES string of the molecule is Cc1ccc(S(=O)(=O)N2CCN(C(=O)COC(=O)c3ccc(C(C)(C)C)cc3)CC2)c(C)c1. The predicted molar refractivity (Wildman–Crippen MR) is 127 cm³/mol. The van der Waals surface area contributed by atoms with Gasteiger partial charge in [0.1, 0.15) is 0 Å². The van der Waals surface area contributed by atoms with Crippen LogP contribution in [-0.2, 0) is 25.0 Å². The van der Waals surface area contributed by atoms with Crippen LogP contribution in [0.3, 0.4) is 0 Å². The zero-order valence-corrected chi connectivity index (χ0v) is 20.7. The third-order valence-corrected chi connectivity index (χ3v) is 7.91. The lowest BCUT2D eigenvalue weighted by Crippen LogP contribution is -2.51. The first-order valence-corrected chi connectivity index (χ1v) is 12.5. The molecule has 1 amide bonds. The van der Waals surface area contributed by atoms with Crippen LogP contribution in [0.4, 0.5) is 0 Å². The van der Waals surface area contributed by atoms with E-state index >= 15 is 0 Å². The van der Waals surface area contributed by atoms with E-state index in [2.05, 4.69) is 20.8 Å². The van der Waals surface area contributed by atoms with Gasteiger partial charge >= 0.3 is 5.97 Å². The Kier molecular flexibility index (Phi) is 7.29. The van der Waals surface area contributed by atoms with Gasteiger partial charge in [-0.25, -0.2) is 13.2 Å². The first-order valence-electron chi connectivity index (χ1n) is 11.0. The van der Waals surface area contributed by atoms with Crippen LogP contribution in [0, 0.1) is 13.8 Å². The number of amides is 1. The smallest absolute Gasteiger partial charge is 0.338 e. The second-order valence-electron chi connectivity index (χ2n) is 9.46. The van der Waals surface area contributed by atoms with Gasteiger partial charge in [-0.05, 0) is 48.6 Å². The normalized spacial score (nSPS) is 15.4. The van der Waals surface area contributed by atoms with Crippen LogP contribution < -0.4 is 0 Å². The average molecular weight is 473 g/mol. The zero-order chi connectivity index (χ0) is 24.4. The quantitative estimate of drug-likeness (QED) is 0.624. The van der Waals surface area contributed by atoms with E-state index in [1.807, 2.05) is 25.1 Å². The maximum absolute atomic E-state index is 13.0. The van der Waals surface area contributed by atoms with Crippen molar-refractivity contribution in [3.63, 3.8) is 0 Å². The van der Waals surface area contributed by atoms with E-state index in [9.17, 15) is 18.0 Å². The molecule has 0 spiro atoms. The molecular weight excluding hydrogens is 440 g/mol. The van der Waals surface area contributed by atoms with Crippen LogP contribution >= 0.6 is 0 Å². The Morgan fingerprint density at radius 3 is 2.09 bits per heavy atom. The van der Waals surface area contributed by atoms with E-state index in [4.69, 9.17) is 4.74 Å². The number of sulfonamides is 1. The Bertz CT molecular complexity index is 1130. The summed E-state index contributed by atoms with van der Waals surface area (Å²) in [6, 6.07) is 12.4. The van der Waals surface area contributed by atoms with Crippen LogP contribution in [0.1, 0.15) is 47.8 Å². The summed E-state index contributed by atoms with van der Waals surface area (Å²) in [5, 5.41) is 0. The second-order valence-corrected chi connectivity index (χ2v) is 11.4. The minimum atomic E-state index is -3.62. The second kappa shape index (κ2) is 9.65. The van der Waals surface area contributed by atoms with Crippen molar-refractivity contribution in [2.24, 2.45) is 0 Å². The Morgan fingerprint density at radius 1 is 0.939 bits per heavy atom.